The van der Waals surface area contributed by atoms with Crippen LogP contribution in [0.4, 0.5) is 11.4 Å². The highest BCUT2D eigenvalue weighted by atomic mass is 16.5. The lowest BCUT2D eigenvalue weighted by Gasteiger charge is -2.12. The molecule has 2 N–H and O–H groups in total. The van der Waals surface area contributed by atoms with Gasteiger partial charge in [0.25, 0.3) is 5.56 Å². The van der Waals surface area contributed by atoms with Crippen molar-refractivity contribution in [1.82, 2.24) is 9.78 Å². The number of nitrogens with zero attached hydrogens (tertiary/aromatic N) is 2. The van der Waals surface area contributed by atoms with E-state index >= 15 is 0 Å². The summed E-state index contributed by atoms with van der Waals surface area (Å²) in [5, 5.41) is 9.90. The van der Waals surface area contributed by atoms with Gasteiger partial charge < -0.3 is 20.1 Å². The SMILES string of the molecule is CCOc1ccc(-c2ccc(=O)n(CCCC(=O)Nc3cc(NC(C)=O)ccc3OC)n2)cc1. The number of benzene rings is 2. The fourth-order valence-electron chi connectivity index (χ4n) is 3.34. The normalized spacial score (nSPS) is 10.4. The Bertz CT molecular complexity index is 1200. The summed E-state index contributed by atoms with van der Waals surface area (Å²) in [6, 6.07) is 15.6. The Balaban J connectivity index is 1.62. The second kappa shape index (κ2) is 11.6. The third-order valence-electron chi connectivity index (χ3n) is 4.90. The molecule has 3 aromatic rings. The van der Waals surface area contributed by atoms with E-state index in [9.17, 15) is 14.4 Å². The Morgan fingerprint density at radius 2 is 1.79 bits per heavy atom. The van der Waals surface area contributed by atoms with Gasteiger partial charge in [0.05, 0.1) is 25.1 Å². The van der Waals surface area contributed by atoms with Gasteiger partial charge >= 0.3 is 0 Å². The van der Waals surface area contributed by atoms with Crippen molar-refractivity contribution >= 4 is 23.2 Å². The van der Waals surface area contributed by atoms with E-state index < -0.39 is 0 Å². The second-order valence-electron chi connectivity index (χ2n) is 7.49. The Morgan fingerprint density at radius 3 is 2.47 bits per heavy atom. The zero-order valence-electron chi connectivity index (χ0n) is 19.5. The van der Waals surface area contributed by atoms with Crippen molar-refractivity contribution in [1.29, 1.82) is 0 Å². The lowest BCUT2D eigenvalue weighted by atomic mass is 10.1. The van der Waals surface area contributed by atoms with Crippen LogP contribution in [0.5, 0.6) is 11.5 Å². The standard InChI is InChI=1S/C25H28N4O5/c1-4-34-20-10-7-18(8-11-20)21-12-14-25(32)29(28-21)15-5-6-24(31)27-22-16-19(26-17(2)30)9-13-23(22)33-3/h7-14,16H,4-6,15H2,1-3H3,(H,26,30)(H,27,31). The average molecular weight is 465 g/mol. The number of anilines is 2. The first-order valence-corrected chi connectivity index (χ1v) is 11.0. The molecule has 0 aliphatic carbocycles. The van der Waals surface area contributed by atoms with E-state index in [0.29, 0.717) is 42.4 Å². The minimum absolute atomic E-state index is 0.176. The molecule has 3 rings (SSSR count). The number of carbonyl (C=O) groups excluding carboxylic acids is 2. The monoisotopic (exact) mass is 464 g/mol. The Labute approximate surface area is 197 Å². The van der Waals surface area contributed by atoms with Crippen molar-refractivity contribution in [2.75, 3.05) is 24.4 Å². The number of carbonyl (C=O) groups is 2. The number of amides is 2. The number of rotatable bonds is 10. The molecule has 0 saturated heterocycles. The summed E-state index contributed by atoms with van der Waals surface area (Å²) in [6.45, 7) is 4.21. The lowest BCUT2D eigenvalue weighted by Crippen LogP contribution is -2.23. The molecule has 2 aromatic carbocycles. The number of ether oxygens (including phenoxy) is 2. The molecule has 9 heteroatoms. The van der Waals surface area contributed by atoms with E-state index in [1.54, 1.807) is 24.3 Å². The molecule has 9 nitrogen and oxygen atoms in total. The first kappa shape index (κ1) is 24.5. The molecule has 0 spiro atoms. The van der Waals surface area contributed by atoms with Crippen molar-refractivity contribution in [2.24, 2.45) is 0 Å². The molecule has 0 unspecified atom stereocenters. The van der Waals surface area contributed by atoms with Gasteiger partial charge in [-0.05, 0) is 61.9 Å². The summed E-state index contributed by atoms with van der Waals surface area (Å²) < 4.78 is 12.1. The molecule has 0 saturated carbocycles. The van der Waals surface area contributed by atoms with Gasteiger partial charge in [-0.15, -0.1) is 0 Å². The Morgan fingerprint density at radius 1 is 1.03 bits per heavy atom. The van der Waals surface area contributed by atoms with Crippen molar-refractivity contribution in [3.63, 3.8) is 0 Å². The van der Waals surface area contributed by atoms with Gasteiger partial charge in [-0.1, -0.05) is 0 Å². The third-order valence-corrected chi connectivity index (χ3v) is 4.90. The van der Waals surface area contributed by atoms with Crippen LogP contribution >= 0.6 is 0 Å². The highest BCUT2D eigenvalue weighted by Gasteiger charge is 2.10. The van der Waals surface area contributed by atoms with E-state index in [1.165, 1.54) is 24.8 Å². The second-order valence-corrected chi connectivity index (χ2v) is 7.49. The predicted octanol–water partition coefficient (Wildman–Crippen LogP) is 3.69. The molecule has 0 fully saturated rings. The number of hydrogen-bond acceptors (Lipinski definition) is 6. The maximum atomic E-state index is 12.5. The van der Waals surface area contributed by atoms with Crippen molar-refractivity contribution in [3.8, 4) is 22.8 Å². The summed E-state index contributed by atoms with van der Waals surface area (Å²) in [5.41, 5.74) is 2.28. The number of aromatic nitrogens is 2. The van der Waals surface area contributed by atoms with Crippen molar-refractivity contribution < 1.29 is 19.1 Å². The molecule has 34 heavy (non-hydrogen) atoms. The van der Waals surface area contributed by atoms with E-state index in [2.05, 4.69) is 15.7 Å². The Kier molecular flexibility index (Phi) is 8.39. The third kappa shape index (κ3) is 6.68. The molecule has 0 atom stereocenters. The summed E-state index contributed by atoms with van der Waals surface area (Å²) in [5.74, 6) is 0.787. The van der Waals surface area contributed by atoms with Crippen LogP contribution in [0.15, 0.2) is 59.4 Å². The van der Waals surface area contributed by atoms with Crippen LogP contribution in [0, 0.1) is 0 Å². The quantitative estimate of drug-likeness (QED) is 0.473. The van der Waals surface area contributed by atoms with E-state index in [1.807, 2.05) is 31.2 Å². The first-order chi connectivity index (χ1) is 16.4. The highest BCUT2D eigenvalue weighted by Crippen LogP contribution is 2.28. The maximum Gasteiger partial charge on any atom is 0.266 e. The zero-order valence-corrected chi connectivity index (χ0v) is 19.5. The van der Waals surface area contributed by atoms with Crippen molar-refractivity contribution in [2.45, 2.75) is 33.2 Å². The van der Waals surface area contributed by atoms with E-state index in [-0.39, 0.29) is 23.8 Å². The number of aryl methyl sites for hydroxylation is 1. The summed E-state index contributed by atoms with van der Waals surface area (Å²) in [7, 11) is 1.50. The lowest BCUT2D eigenvalue weighted by molar-refractivity contribution is -0.116. The number of hydrogen-bond donors (Lipinski definition) is 2. The summed E-state index contributed by atoms with van der Waals surface area (Å²) in [6.07, 6.45) is 0.591. The molecule has 0 aliphatic rings. The molecule has 1 aromatic heterocycles. The molecular weight excluding hydrogens is 436 g/mol. The van der Waals surface area contributed by atoms with Crippen LogP contribution in [0.3, 0.4) is 0 Å². The zero-order chi connectivity index (χ0) is 24.5. The molecule has 1 heterocycles. The van der Waals surface area contributed by atoms with Gasteiger partial charge in [-0.2, -0.15) is 5.10 Å². The molecule has 178 valence electrons. The number of methoxy groups -OCH3 is 1. The summed E-state index contributed by atoms with van der Waals surface area (Å²) in [4.78, 5) is 36.0. The molecule has 0 aliphatic heterocycles. The maximum absolute atomic E-state index is 12.5. The smallest absolute Gasteiger partial charge is 0.266 e. The highest BCUT2D eigenvalue weighted by molar-refractivity contribution is 5.94. The van der Waals surface area contributed by atoms with Gasteiger partial charge in [0.1, 0.15) is 11.5 Å². The van der Waals surface area contributed by atoms with Gasteiger partial charge in [0.2, 0.25) is 11.8 Å². The molecule has 0 radical (unpaired) electrons. The summed E-state index contributed by atoms with van der Waals surface area (Å²) >= 11 is 0. The average Bonchev–Trinajstić information content (AvgIpc) is 2.81. The van der Waals surface area contributed by atoms with Crippen LogP contribution in [0.25, 0.3) is 11.3 Å². The topological polar surface area (TPSA) is 112 Å². The van der Waals surface area contributed by atoms with Crippen LogP contribution in [-0.4, -0.2) is 35.3 Å². The predicted molar refractivity (Wildman–Crippen MR) is 130 cm³/mol. The largest absolute Gasteiger partial charge is 0.495 e. The van der Waals surface area contributed by atoms with E-state index in [0.717, 1.165) is 11.3 Å². The van der Waals surface area contributed by atoms with Gasteiger partial charge in [0, 0.05) is 37.2 Å². The van der Waals surface area contributed by atoms with Crippen LogP contribution in [0.2, 0.25) is 0 Å². The molecule has 2 amide bonds. The van der Waals surface area contributed by atoms with Crippen LogP contribution in [0.1, 0.15) is 26.7 Å². The number of nitrogens with one attached hydrogen (secondary N) is 2. The molecule has 0 bridgehead atoms. The van der Waals surface area contributed by atoms with Gasteiger partial charge in [-0.25, -0.2) is 4.68 Å². The van der Waals surface area contributed by atoms with Gasteiger partial charge in [-0.3, -0.25) is 14.4 Å². The molecular formula is C25H28N4O5. The van der Waals surface area contributed by atoms with Crippen molar-refractivity contribution in [3.05, 3.63) is 65.0 Å². The van der Waals surface area contributed by atoms with Gasteiger partial charge in [0.15, 0.2) is 0 Å². The minimum atomic E-state index is -0.242. The fraction of sp³-hybridized carbons (Fsp3) is 0.280. The fourth-order valence-corrected chi connectivity index (χ4v) is 3.34. The Hall–Kier alpha value is -4.14. The first-order valence-electron chi connectivity index (χ1n) is 11.0. The minimum Gasteiger partial charge on any atom is -0.495 e. The van der Waals surface area contributed by atoms with Crippen LogP contribution in [-0.2, 0) is 16.1 Å². The van der Waals surface area contributed by atoms with Crippen LogP contribution < -0.4 is 25.7 Å². The van der Waals surface area contributed by atoms with E-state index in [4.69, 9.17) is 9.47 Å².